The second kappa shape index (κ2) is 5.70. The Labute approximate surface area is 135 Å². The SMILES string of the molecule is CCOc1ccc(S(=O)(=O)n2c(C)nc3ccccc32)cc1C. The average Bonchev–Trinajstić information content (AvgIpc) is 2.85. The lowest BCUT2D eigenvalue weighted by molar-refractivity contribution is 0.337. The van der Waals surface area contributed by atoms with Crippen molar-refractivity contribution < 1.29 is 13.2 Å². The number of nitrogens with zero attached hydrogens (tertiary/aromatic N) is 2. The first kappa shape index (κ1) is 15.6. The van der Waals surface area contributed by atoms with Crippen LogP contribution >= 0.6 is 0 Å². The van der Waals surface area contributed by atoms with Crippen molar-refractivity contribution in [2.24, 2.45) is 0 Å². The van der Waals surface area contributed by atoms with Gasteiger partial charge >= 0.3 is 0 Å². The zero-order valence-electron chi connectivity index (χ0n) is 13.3. The monoisotopic (exact) mass is 330 g/mol. The van der Waals surface area contributed by atoms with Gasteiger partial charge in [0.25, 0.3) is 10.0 Å². The number of rotatable bonds is 4. The first-order chi connectivity index (χ1) is 10.9. The number of hydrogen-bond donors (Lipinski definition) is 0. The maximum atomic E-state index is 13.0. The third-order valence-electron chi connectivity index (χ3n) is 3.66. The van der Waals surface area contributed by atoms with Crippen molar-refractivity contribution in [3.8, 4) is 5.75 Å². The van der Waals surface area contributed by atoms with E-state index in [9.17, 15) is 8.42 Å². The van der Waals surface area contributed by atoms with Crippen LogP contribution in [0.5, 0.6) is 5.75 Å². The van der Waals surface area contributed by atoms with Crippen molar-refractivity contribution >= 4 is 21.1 Å². The van der Waals surface area contributed by atoms with Crippen LogP contribution in [-0.2, 0) is 10.0 Å². The van der Waals surface area contributed by atoms with E-state index in [1.165, 1.54) is 3.97 Å². The first-order valence-electron chi connectivity index (χ1n) is 7.38. The molecule has 0 spiro atoms. The average molecular weight is 330 g/mol. The molecule has 0 saturated heterocycles. The van der Waals surface area contributed by atoms with Gasteiger partial charge in [0.15, 0.2) is 0 Å². The second-order valence-corrected chi connectivity index (χ2v) is 7.06. The van der Waals surface area contributed by atoms with E-state index in [1.54, 1.807) is 43.3 Å². The molecule has 0 fully saturated rings. The van der Waals surface area contributed by atoms with Gasteiger partial charge in [0.2, 0.25) is 0 Å². The molecule has 5 nitrogen and oxygen atoms in total. The van der Waals surface area contributed by atoms with Crippen LogP contribution in [-0.4, -0.2) is 24.0 Å². The number of imidazole rings is 1. The predicted octanol–water partition coefficient (Wildman–Crippen LogP) is 3.29. The second-order valence-electron chi connectivity index (χ2n) is 5.28. The number of hydrogen-bond acceptors (Lipinski definition) is 4. The zero-order valence-corrected chi connectivity index (χ0v) is 14.1. The molecule has 0 amide bonds. The molecule has 0 bridgehead atoms. The highest BCUT2D eigenvalue weighted by atomic mass is 32.2. The molecule has 0 radical (unpaired) electrons. The fraction of sp³-hybridized carbons (Fsp3) is 0.235. The van der Waals surface area contributed by atoms with E-state index in [4.69, 9.17) is 4.74 Å². The van der Waals surface area contributed by atoms with E-state index in [2.05, 4.69) is 4.98 Å². The number of para-hydroxylation sites is 2. The molecule has 0 unspecified atom stereocenters. The van der Waals surface area contributed by atoms with Gasteiger partial charge in [0.05, 0.1) is 22.5 Å². The standard InChI is InChI=1S/C17H18N2O3S/c1-4-22-17-10-9-14(11-12(17)2)23(20,21)19-13(3)18-15-7-5-6-8-16(15)19/h5-11H,4H2,1-3H3. The van der Waals surface area contributed by atoms with Gasteiger partial charge in [-0.15, -0.1) is 0 Å². The molecule has 0 aliphatic rings. The number of benzene rings is 2. The molecule has 23 heavy (non-hydrogen) atoms. The fourth-order valence-corrected chi connectivity index (χ4v) is 4.21. The summed E-state index contributed by atoms with van der Waals surface area (Å²) in [6.07, 6.45) is 0. The van der Waals surface area contributed by atoms with Crippen molar-refractivity contribution in [2.75, 3.05) is 6.61 Å². The molecule has 3 aromatic rings. The summed E-state index contributed by atoms with van der Waals surface area (Å²) in [6, 6.07) is 12.1. The summed E-state index contributed by atoms with van der Waals surface area (Å²) in [5.41, 5.74) is 2.03. The normalized spacial score (nSPS) is 11.8. The lowest BCUT2D eigenvalue weighted by Gasteiger charge is -2.12. The van der Waals surface area contributed by atoms with Crippen LogP contribution in [0.3, 0.4) is 0 Å². The minimum Gasteiger partial charge on any atom is -0.494 e. The van der Waals surface area contributed by atoms with Crippen LogP contribution < -0.4 is 4.74 Å². The maximum absolute atomic E-state index is 13.0. The smallest absolute Gasteiger partial charge is 0.269 e. The van der Waals surface area contributed by atoms with Gasteiger partial charge in [-0.1, -0.05) is 12.1 Å². The summed E-state index contributed by atoms with van der Waals surface area (Å²) in [5.74, 6) is 1.14. The highest BCUT2D eigenvalue weighted by Gasteiger charge is 2.23. The largest absolute Gasteiger partial charge is 0.494 e. The Balaban J connectivity index is 2.18. The van der Waals surface area contributed by atoms with Crippen LogP contribution in [0.2, 0.25) is 0 Å². The number of aryl methyl sites for hydroxylation is 2. The van der Waals surface area contributed by atoms with Gasteiger partial charge in [-0.25, -0.2) is 17.4 Å². The Hall–Kier alpha value is -2.34. The molecule has 0 atom stereocenters. The van der Waals surface area contributed by atoms with E-state index in [0.717, 1.165) is 5.56 Å². The third-order valence-corrected chi connectivity index (χ3v) is 5.45. The Morgan fingerprint density at radius 2 is 1.87 bits per heavy atom. The molecule has 6 heteroatoms. The predicted molar refractivity (Wildman–Crippen MR) is 89.4 cm³/mol. The molecule has 0 aliphatic heterocycles. The van der Waals surface area contributed by atoms with Gasteiger partial charge in [0.1, 0.15) is 11.6 Å². The van der Waals surface area contributed by atoms with Crippen LogP contribution in [0.25, 0.3) is 11.0 Å². The van der Waals surface area contributed by atoms with E-state index >= 15 is 0 Å². The topological polar surface area (TPSA) is 61.2 Å². The van der Waals surface area contributed by atoms with Crippen LogP contribution in [0.15, 0.2) is 47.4 Å². The summed E-state index contributed by atoms with van der Waals surface area (Å²) >= 11 is 0. The third kappa shape index (κ3) is 2.59. The Kier molecular flexibility index (Phi) is 3.85. The quantitative estimate of drug-likeness (QED) is 0.736. The maximum Gasteiger partial charge on any atom is 0.269 e. The van der Waals surface area contributed by atoms with E-state index < -0.39 is 10.0 Å². The summed E-state index contributed by atoms with van der Waals surface area (Å²) in [7, 11) is -3.71. The Morgan fingerprint density at radius 1 is 1.13 bits per heavy atom. The Morgan fingerprint density at radius 3 is 2.57 bits per heavy atom. The molecule has 1 heterocycles. The minimum atomic E-state index is -3.71. The highest BCUT2D eigenvalue weighted by Crippen LogP contribution is 2.26. The lowest BCUT2D eigenvalue weighted by Crippen LogP contribution is -2.14. The van der Waals surface area contributed by atoms with Crippen molar-refractivity contribution in [1.29, 1.82) is 0 Å². The molecular formula is C17H18N2O3S. The summed E-state index contributed by atoms with van der Waals surface area (Å²) in [5, 5.41) is 0. The van der Waals surface area contributed by atoms with Crippen molar-refractivity contribution in [3.63, 3.8) is 0 Å². The first-order valence-corrected chi connectivity index (χ1v) is 8.82. The number of ether oxygens (including phenoxy) is 1. The van der Waals surface area contributed by atoms with E-state index in [0.29, 0.717) is 29.2 Å². The molecule has 0 N–H and O–H groups in total. The van der Waals surface area contributed by atoms with Gasteiger partial charge in [0, 0.05) is 0 Å². The molecule has 2 aromatic carbocycles. The summed E-state index contributed by atoms with van der Waals surface area (Å²) in [4.78, 5) is 4.56. The summed E-state index contributed by atoms with van der Waals surface area (Å²) in [6.45, 7) is 5.96. The lowest BCUT2D eigenvalue weighted by atomic mass is 10.2. The van der Waals surface area contributed by atoms with Crippen molar-refractivity contribution in [1.82, 2.24) is 8.96 Å². The fourth-order valence-electron chi connectivity index (χ4n) is 2.63. The molecule has 1 aromatic heterocycles. The molecule has 3 rings (SSSR count). The van der Waals surface area contributed by atoms with Crippen LogP contribution in [0, 0.1) is 13.8 Å². The number of fused-ring (bicyclic) bond motifs is 1. The molecule has 0 saturated carbocycles. The van der Waals surface area contributed by atoms with E-state index in [1.807, 2.05) is 19.9 Å². The van der Waals surface area contributed by atoms with Crippen LogP contribution in [0.1, 0.15) is 18.3 Å². The highest BCUT2D eigenvalue weighted by molar-refractivity contribution is 7.90. The summed E-state index contributed by atoms with van der Waals surface area (Å²) < 4.78 is 32.8. The van der Waals surface area contributed by atoms with Crippen LogP contribution in [0.4, 0.5) is 0 Å². The van der Waals surface area contributed by atoms with Gasteiger partial charge in [-0.2, -0.15) is 0 Å². The van der Waals surface area contributed by atoms with Gasteiger partial charge in [-0.05, 0) is 56.7 Å². The van der Waals surface area contributed by atoms with Crippen molar-refractivity contribution in [3.05, 3.63) is 53.9 Å². The van der Waals surface area contributed by atoms with Gasteiger partial charge < -0.3 is 4.74 Å². The zero-order chi connectivity index (χ0) is 16.6. The number of aromatic nitrogens is 2. The Bertz CT molecular complexity index is 975. The molecular weight excluding hydrogens is 312 g/mol. The van der Waals surface area contributed by atoms with Crippen molar-refractivity contribution in [2.45, 2.75) is 25.7 Å². The van der Waals surface area contributed by atoms with Gasteiger partial charge in [-0.3, -0.25) is 0 Å². The minimum absolute atomic E-state index is 0.227. The molecule has 0 aliphatic carbocycles. The van der Waals surface area contributed by atoms with E-state index in [-0.39, 0.29) is 4.90 Å². The molecule has 120 valence electrons.